The molecule has 0 unspecified atom stereocenters. The Hall–Kier alpha value is -3.04. The highest BCUT2D eigenvalue weighted by atomic mass is 19.4. The molecule has 1 aromatic carbocycles. The highest BCUT2D eigenvalue weighted by Crippen LogP contribution is 2.34. The average Bonchev–Trinajstić information content (AvgIpc) is 2.58. The maximum absolute atomic E-state index is 12.7. The Balaban J connectivity index is 1.80. The second kappa shape index (κ2) is 8.14. The molecule has 156 valence electrons. The molecule has 7 nitrogen and oxygen atoms in total. The van der Waals surface area contributed by atoms with Gasteiger partial charge in [0.2, 0.25) is 5.82 Å². The largest absolute Gasteiger partial charge is 0.475 e. The highest BCUT2D eigenvalue weighted by Gasteiger charge is 2.30. The van der Waals surface area contributed by atoms with Crippen LogP contribution in [0.3, 0.4) is 0 Å². The third-order valence-electron chi connectivity index (χ3n) is 5.10. The Morgan fingerprint density at radius 1 is 1.28 bits per heavy atom. The van der Waals surface area contributed by atoms with Gasteiger partial charge in [0, 0.05) is 12.6 Å². The van der Waals surface area contributed by atoms with Crippen molar-refractivity contribution in [1.82, 2.24) is 9.97 Å². The Kier molecular flexibility index (Phi) is 5.81. The van der Waals surface area contributed by atoms with Crippen LogP contribution in [0.2, 0.25) is 0 Å². The Morgan fingerprint density at radius 2 is 1.93 bits per heavy atom. The molecule has 0 saturated heterocycles. The normalized spacial score (nSPS) is 15.4. The van der Waals surface area contributed by atoms with Crippen molar-refractivity contribution in [3.05, 3.63) is 41.2 Å². The molecule has 1 aliphatic rings. The molecule has 5 N–H and O–H groups in total. The third kappa shape index (κ3) is 4.87. The molecule has 1 heterocycles. The highest BCUT2D eigenvalue weighted by molar-refractivity contribution is 5.87. The molecule has 2 aromatic rings. The number of rotatable bonds is 7. The maximum atomic E-state index is 12.7. The molecule has 0 aliphatic heterocycles. The van der Waals surface area contributed by atoms with Gasteiger partial charge in [-0.2, -0.15) is 13.2 Å². The van der Waals surface area contributed by atoms with Gasteiger partial charge >= 0.3 is 12.1 Å². The monoisotopic (exact) mass is 409 g/mol. The van der Waals surface area contributed by atoms with Gasteiger partial charge in [0.15, 0.2) is 11.6 Å². The summed E-state index contributed by atoms with van der Waals surface area (Å²) in [6.07, 6.45) is -1.09. The number of carbonyl (C=O) groups is 1. The number of aromatic nitrogens is 2. The molecule has 0 amide bonds. The summed E-state index contributed by atoms with van der Waals surface area (Å²) in [5.74, 6) is -1.05. The van der Waals surface area contributed by atoms with Crippen molar-refractivity contribution < 1.29 is 23.1 Å². The first-order valence-corrected chi connectivity index (χ1v) is 9.22. The number of hydrogen-bond acceptors (Lipinski definition) is 6. The lowest BCUT2D eigenvalue weighted by Crippen LogP contribution is -2.32. The van der Waals surface area contributed by atoms with E-state index in [1.165, 1.54) is 12.1 Å². The number of carboxylic acids is 1. The number of nitrogen functional groups attached to an aromatic ring is 1. The van der Waals surface area contributed by atoms with Gasteiger partial charge in [-0.1, -0.05) is 18.6 Å². The number of aromatic carboxylic acids is 1. The molecule has 1 fully saturated rings. The lowest BCUT2D eigenvalue weighted by Gasteiger charge is -2.32. The number of anilines is 3. The van der Waals surface area contributed by atoms with Crippen LogP contribution in [-0.2, 0) is 12.7 Å². The standard InChI is InChI=1S/C19H22F3N5O2/c1-10(12-3-2-4-12)25-16-14(15(23)26-17(27-16)18(28)29)24-9-11-5-7-13(8-6-11)19(20,21)22/h5-8,10,12,24H,2-4,9H2,1H3,(H,28,29)(H3,23,25,26,27)/t10-/m1/s1. The van der Waals surface area contributed by atoms with Crippen LogP contribution in [0.15, 0.2) is 24.3 Å². The van der Waals surface area contributed by atoms with Gasteiger partial charge in [-0.3, -0.25) is 0 Å². The number of alkyl halides is 3. The summed E-state index contributed by atoms with van der Waals surface area (Å²) < 4.78 is 38.1. The van der Waals surface area contributed by atoms with Crippen LogP contribution in [0.25, 0.3) is 0 Å². The summed E-state index contributed by atoms with van der Waals surface area (Å²) >= 11 is 0. The molecule has 1 aromatic heterocycles. The SMILES string of the molecule is C[C@@H](Nc1nc(C(=O)O)nc(N)c1NCc1ccc(C(F)(F)F)cc1)C1CCC1. The van der Waals surface area contributed by atoms with E-state index in [4.69, 9.17) is 5.73 Å². The number of nitrogens with two attached hydrogens (primary N) is 1. The summed E-state index contributed by atoms with van der Waals surface area (Å²) in [5, 5.41) is 15.4. The zero-order valence-electron chi connectivity index (χ0n) is 15.8. The van der Waals surface area contributed by atoms with Gasteiger partial charge in [-0.25, -0.2) is 14.8 Å². The van der Waals surface area contributed by atoms with E-state index in [1.54, 1.807) is 0 Å². The summed E-state index contributed by atoms with van der Waals surface area (Å²) in [5.41, 5.74) is 6.12. The minimum absolute atomic E-state index is 0.0485. The predicted molar refractivity (Wildman–Crippen MR) is 103 cm³/mol. The summed E-state index contributed by atoms with van der Waals surface area (Å²) in [6, 6.07) is 4.79. The number of benzene rings is 1. The van der Waals surface area contributed by atoms with Crippen molar-refractivity contribution >= 4 is 23.3 Å². The van der Waals surface area contributed by atoms with Gasteiger partial charge in [0.25, 0.3) is 0 Å². The van der Waals surface area contributed by atoms with Crippen LogP contribution in [-0.4, -0.2) is 27.1 Å². The van der Waals surface area contributed by atoms with Crippen molar-refractivity contribution in [2.45, 2.75) is 44.9 Å². The summed E-state index contributed by atoms with van der Waals surface area (Å²) in [6.45, 7) is 2.16. The van der Waals surface area contributed by atoms with Gasteiger partial charge in [0.1, 0.15) is 5.69 Å². The number of nitrogens with one attached hydrogen (secondary N) is 2. The van der Waals surface area contributed by atoms with Crippen molar-refractivity contribution in [2.75, 3.05) is 16.4 Å². The number of halogens is 3. The minimum atomic E-state index is -4.40. The first-order chi connectivity index (χ1) is 13.6. The minimum Gasteiger partial charge on any atom is -0.475 e. The maximum Gasteiger partial charge on any atom is 0.416 e. The Bertz CT molecular complexity index is 883. The number of nitrogens with zero attached hydrogens (tertiary/aromatic N) is 2. The van der Waals surface area contributed by atoms with Crippen LogP contribution < -0.4 is 16.4 Å². The topological polar surface area (TPSA) is 113 Å². The van der Waals surface area contributed by atoms with E-state index in [2.05, 4.69) is 20.6 Å². The molecule has 10 heteroatoms. The van der Waals surface area contributed by atoms with E-state index >= 15 is 0 Å². The molecular weight excluding hydrogens is 387 g/mol. The van der Waals surface area contributed by atoms with E-state index in [1.807, 2.05) is 6.92 Å². The van der Waals surface area contributed by atoms with E-state index in [-0.39, 0.29) is 24.2 Å². The molecule has 1 aliphatic carbocycles. The van der Waals surface area contributed by atoms with E-state index in [0.717, 1.165) is 31.4 Å². The fourth-order valence-electron chi connectivity index (χ4n) is 3.13. The van der Waals surface area contributed by atoms with Crippen LogP contribution in [0, 0.1) is 5.92 Å². The van der Waals surface area contributed by atoms with Gasteiger partial charge in [0.05, 0.1) is 5.56 Å². The first-order valence-electron chi connectivity index (χ1n) is 9.22. The van der Waals surface area contributed by atoms with Crippen molar-refractivity contribution in [1.29, 1.82) is 0 Å². The molecule has 1 atom stereocenters. The average molecular weight is 409 g/mol. The molecule has 1 saturated carbocycles. The zero-order valence-corrected chi connectivity index (χ0v) is 15.8. The Labute approximate surface area is 165 Å². The van der Waals surface area contributed by atoms with Crippen LogP contribution in [0.5, 0.6) is 0 Å². The second-order valence-electron chi connectivity index (χ2n) is 7.13. The summed E-state index contributed by atoms with van der Waals surface area (Å²) in [7, 11) is 0. The van der Waals surface area contributed by atoms with Crippen LogP contribution in [0.4, 0.5) is 30.5 Å². The smallest absolute Gasteiger partial charge is 0.416 e. The molecule has 3 rings (SSSR count). The molecule has 0 bridgehead atoms. The van der Waals surface area contributed by atoms with Crippen molar-refractivity contribution in [3.63, 3.8) is 0 Å². The summed E-state index contributed by atoms with van der Waals surface area (Å²) in [4.78, 5) is 19.1. The predicted octanol–water partition coefficient (Wildman–Crippen LogP) is 3.99. The zero-order chi connectivity index (χ0) is 21.2. The van der Waals surface area contributed by atoms with Crippen molar-refractivity contribution in [3.8, 4) is 0 Å². The van der Waals surface area contributed by atoms with E-state index < -0.39 is 23.5 Å². The number of hydrogen-bond donors (Lipinski definition) is 4. The van der Waals surface area contributed by atoms with E-state index in [0.29, 0.717) is 17.2 Å². The Morgan fingerprint density at radius 3 is 2.45 bits per heavy atom. The van der Waals surface area contributed by atoms with Crippen LogP contribution >= 0.6 is 0 Å². The third-order valence-corrected chi connectivity index (χ3v) is 5.10. The van der Waals surface area contributed by atoms with Crippen molar-refractivity contribution in [2.24, 2.45) is 5.92 Å². The molecular formula is C19H22F3N5O2. The number of carboxylic acid groups (broad SMARTS) is 1. The fraction of sp³-hybridized carbons (Fsp3) is 0.421. The molecule has 0 radical (unpaired) electrons. The second-order valence-corrected chi connectivity index (χ2v) is 7.13. The quantitative estimate of drug-likeness (QED) is 0.547. The lowest BCUT2D eigenvalue weighted by atomic mass is 9.80. The molecule has 0 spiro atoms. The van der Waals surface area contributed by atoms with Gasteiger partial charge in [-0.15, -0.1) is 0 Å². The van der Waals surface area contributed by atoms with Gasteiger partial charge < -0.3 is 21.5 Å². The fourth-order valence-corrected chi connectivity index (χ4v) is 3.13. The lowest BCUT2D eigenvalue weighted by molar-refractivity contribution is -0.137. The van der Waals surface area contributed by atoms with E-state index in [9.17, 15) is 23.1 Å². The van der Waals surface area contributed by atoms with Crippen LogP contribution in [0.1, 0.15) is 47.9 Å². The van der Waals surface area contributed by atoms with Gasteiger partial charge in [-0.05, 0) is 43.4 Å². The first kappa shape index (κ1) is 20.7. The molecule has 29 heavy (non-hydrogen) atoms.